The summed E-state index contributed by atoms with van der Waals surface area (Å²) in [6.45, 7) is 3.29. The molecule has 0 aliphatic heterocycles. The predicted octanol–water partition coefficient (Wildman–Crippen LogP) is 4.33. The van der Waals surface area contributed by atoms with E-state index in [1.165, 1.54) is 32.6 Å². The number of amides is 1. The van der Waals surface area contributed by atoms with Crippen LogP contribution in [-0.2, 0) is 14.8 Å². The number of aryl methyl sites for hydroxylation is 1. The molecule has 0 spiro atoms. The number of hydrogen-bond acceptors (Lipinski definition) is 6. The number of nitrogens with zero attached hydrogens (tertiary/aromatic N) is 3. The highest BCUT2D eigenvalue weighted by Gasteiger charge is 2.24. The fourth-order valence-corrected chi connectivity index (χ4v) is 4.89. The Morgan fingerprint density at radius 3 is 2.47 bits per heavy atom. The molecule has 0 unspecified atom stereocenters. The molecule has 1 N–H and O–H groups in total. The molecule has 1 amide bonds. The van der Waals surface area contributed by atoms with Gasteiger partial charge in [0.05, 0.1) is 43.1 Å². The monoisotopic (exact) mass is 552 g/mol. The summed E-state index contributed by atoms with van der Waals surface area (Å²) < 4.78 is 38.2. The molecule has 3 rings (SSSR count). The molecule has 9 nitrogen and oxygen atoms in total. The van der Waals surface area contributed by atoms with Crippen molar-refractivity contribution in [2.45, 2.75) is 13.8 Å². The van der Waals surface area contributed by atoms with E-state index in [1.54, 1.807) is 24.3 Å². The summed E-state index contributed by atoms with van der Waals surface area (Å²) in [6.07, 6.45) is 2.48. The summed E-state index contributed by atoms with van der Waals surface area (Å²) in [5.74, 6) is 0.0826. The van der Waals surface area contributed by atoms with Crippen LogP contribution < -0.4 is 19.2 Å². The average molecular weight is 553 g/mol. The molecular weight excluding hydrogens is 527 g/mol. The number of carbonyl (C=O) groups excluding carboxylic acids is 1. The molecule has 0 aliphatic rings. The maximum atomic E-state index is 12.6. The number of sulfonamides is 1. The molecule has 0 saturated carbocycles. The second-order valence-corrected chi connectivity index (χ2v) is 10.6. The minimum absolute atomic E-state index is 0.196. The first-order valence-electron chi connectivity index (χ1n) is 10.6. The molecule has 0 aliphatic carbocycles. The Kier molecular flexibility index (Phi) is 8.55. The lowest BCUT2D eigenvalue weighted by Crippen LogP contribution is -2.39. The largest absolute Gasteiger partial charge is 0.497 e. The van der Waals surface area contributed by atoms with Crippen LogP contribution in [0.15, 0.2) is 47.6 Å². The lowest BCUT2D eigenvalue weighted by Gasteiger charge is -2.23. The van der Waals surface area contributed by atoms with Crippen molar-refractivity contribution in [2.75, 3.05) is 31.3 Å². The number of rotatable bonds is 9. The first kappa shape index (κ1) is 27.4. The summed E-state index contributed by atoms with van der Waals surface area (Å²) in [5.41, 5.74) is 5.75. The van der Waals surface area contributed by atoms with Gasteiger partial charge < -0.3 is 14.0 Å². The van der Waals surface area contributed by atoms with Crippen molar-refractivity contribution < 1.29 is 22.7 Å². The molecule has 3 aromatic rings. The number of methoxy groups -OCH3 is 2. The molecule has 0 atom stereocenters. The van der Waals surface area contributed by atoms with Gasteiger partial charge in [0.15, 0.2) is 0 Å². The lowest BCUT2D eigenvalue weighted by atomic mass is 10.2. The topological polar surface area (TPSA) is 102 Å². The quantitative estimate of drug-likeness (QED) is 0.314. The molecular formula is C24H26Cl2N4O5S. The fourth-order valence-electron chi connectivity index (χ4n) is 3.66. The Bertz CT molecular complexity index is 1420. The number of hydrazone groups is 1. The zero-order valence-corrected chi connectivity index (χ0v) is 22.7. The van der Waals surface area contributed by atoms with Gasteiger partial charge in [-0.1, -0.05) is 23.2 Å². The van der Waals surface area contributed by atoms with Gasteiger partial charge in [-0.2, -0.15) is 5.10 Å². The summed E-state index contributed by atoms with van der Waals surface area (Å²) in [4.78, 5) is 12.6. The van der Waals surface area contributed by atoms with Crippen molar-refractivity contribution in [1.29, 1.82) is 0 Å². The Morgan fingerprint density at radius 1 is 1.11 bits per heavy atom. The smallest absolute Gasteiger partial charge is 0.260 e. The van der Waals surface area contributed by atoms with Gasteiger partial charge in [0.1, 0.15) is 18.0 Å². The summed E-state index contributed by atoms with van der Waals surface area (Å²) in [6, 6.07) is 11.7. The number of benzene rings is 2. The molecule has 12 heteroatoms. The van der Waals surface area contributed by atoms with Gasteiger partial charge in [0.2, 0.25) is 10.0 Å². The first-order valence-corrected chi connectivity index (χ1v) is 13.2. The third-order valence-corrected chi connectivity index (χ3v) is 7.04. The summed E-state index contributed by atoms with van der Waals surface area (Å²) in [7, 11) is -0.936. The summed E-state index contributed by atoms with van der Waals surface area (Å²) >= 11 is 12.5. The number of nitrogens with one attached hydrogen (secondary N) is 1. The van der Waals surface area contributed by atoms with Crippen molar-refractivity contribution in [1.82, 2.24) is 9.99 Å². The first-order chi connectivity index (χ1) is 17.0. The van der Waals surface area contributed by atoms with Gasteiger partial charge in [-0.25, -0.2) is 13.8 Å². The van der Waals surface area contributed by atoms with Crippen LogP contribution in [0.3, 0.4) is 0 Å². The van der Waals surface area contributed by atoms with E-state index in [4.69, 9.17) is 32.7 Å². The Hall–Kier alpha value is -3.21. The second kappa shape index (κ2) is 11.2. The minimum Gasteiger partial charge on any atom is -0.497 e. The number of hydrogen-bond donors (Lipinski definition) is 1. The van der Waals surface area contributed by atoms with E-state index in [-0.39, 0.29) is 11.4 Å². The highest BCUT2D eigenvalue weighted by atomic mass is 35.5. The van der Waals surface area contributed by atoms with Gasteiger partial charge in [0.25, 0.3) is 5.91 Å². The van der Waals surface area contributed by atoms with Crippen molar-refractivity contribution in [3.63, 3.8) is 0 Å². The van der Waals surface area contributed by atoms with Crippen molar-refractivity contribution >= 4 is 51.0 Å². The number of ether oxygens (including phenoxy) is 2. The molecule has 0 fully saturated rings. The SMILES string of the molecule is COc1ccc(N(CC(=O)N/N=C\c2cc(C)n(-c3cc(Cl)ccc3Cl)c2C)S(C)(=O)=O)c(OC)c1. The number of carbonyl (C=O) groups is 1. The standard InChI is InChI=1S/C24H26Cl2N4O5S/c1-15-10-17(16(2)30(15)22-11-18(25)6-8-20(22)26)13-27-28-24(31)14-29(36(5,32)33)21-9-7-19(34-3)12-23(21)35-4/h6-13H,14H2,1-5H3,(H,28,31)/b27-13-. The van der Waals surface area contributed by atoms with E-state index in [1.807, 2.05) is 24.5 Å². The summed E-state index contributed by atoms with van der Waals surface area (Å²) in [5, 5.41) is 5.10. The minimum atomic E-state index is -3.82. The van der Waals surface area contributed by atoms with Gasteiger partial charge >= 0.3 is 0 Å². The van der Waals surface area contributed by atoms with Crippen LogP contribution in [0.4, 0.5) is 5.69 Å². The second-order valence-electron chi connectivity index (χ2n) is 7.86. The van der Waals surface area contributed by atoms with E-state index in [0.29, 0.717) is 15.8 Å². The Balaban J connectivity index is 1.80. The third kappa shape index (κ3) is 6.13. The van der Waals surface area contributed by atoms with Crippen molar-refractivity contribution in [3.8, 4) is 17.2 Å². The third-order valence-electron chi connectivity index (χ3n) is 5.36. The number of halogens is 2. The van der Waals surface area contributed by atoms with E-state index in [9.17, 15) is 13.2 Å². The van der Waals surface area contributed by atoms with E-state index in [0.717, 1.165) is 33.2 Å². The molecule has 192 valence electrons. The number of aromatic nitrogens is 1. The van der Waals surface area contributed by atoms with Crippen LogP contribution in [0.5, 0.6) is 11.5 Å². The zero-order valence-electron chi connectivity index (χ0n) is 20.4. The van der Waals surface area contributed by atoms with Crippen molar-refractivity contribution in [2.24, 2.45) is 5.10 Å². The highest BCUT2D eigenvalue weighted by Crippen LogP contribution is 2.33. The molecule has 2 aromatic carbocycles. The van der Waals surface area contributed by atoms with Crippen LogP contribution in [-0.4, -0.2) is 52.1 Å². The van der Waals surface area contributed by atoms with Crippen molar-refractivity contribution in [3.05, 3.63) is 69.5 Å². The van der Waals surface area contributed by atoms with Crippen LogP contribution in [0.1, 0.15) is 17.0 Å². The average Bonchev–Trinajstić information content (AvgIpc) is 3.10. The van der Waals surface area contributed by atoms with Gasteiger partial charge in [0, 0.05) is 28.0 Å². The van der Waals surface area contributed by atoms with Gasteiger partial charge in [-0.05, 0) is 50.2 Å². The number of anilines is 1. The Labute approximate surface area is 220 Å². The molecule has 36 heavy (non-hydrogen) atoms. The van der Waals surface area contributed by atoms with Gasteiger partial charge in [-0.15, -0.1) is 0 Å². The molecule has 0 saturated heterocycles. The van der Waals surface area contributed by atoms with Crippen LogP contribution in [0, 0.1) is 13.8 Å². The van der Waals surface area contributed by atoms with Crippen LogP contribution in [0.25, 0.3) is 5.69 Å². The highest BCUT2D eigenvalue weighted by molar-refractivity contribution is 7.92. The zero-order chi connectivity index (χ0) is 26.6. The normalized spacial score (nSPS) is 11.5. The van der Waals surface area contributed by atoms with E-state index < -0.39 is 22.5 Å². The maximum Gasteiger partial charge on any atom is 0.260 e. The fraction of sp³-hybridized carbons (Fsp3) is 0.250. The van der Waals surface area contributed by atoms with Crippen LogP contribution >= 0.6 is 23.2 Å². The molecule has 0 radical (unpaired) electrons. The molecule has 0 bridgehead atoms. The predicted molar refractivity (Wildman–Crippen MR) is 143 cm³/mol. The molecule has 1 heterocycles. The lowest BCUT2D eigenvalue weighted by molar-refractivity contribution is -0.119. The molecule has 1 aromatic heterocycles. The van der Waals surface area contributed by atoms with Gasteiger partial charge in [-0.3, -0.25) is 9.10 Å². The maximum absolute atomic E-state index is 12.6. The van der Waals surface area contributed by atoms with Crippen LogP contribution in [0.2, 0.25) is 10.0 Å². The Morgan fingerprint density at radius 2 is 1.83 bits per heavy atom. The van der Waals surface area contributed by atoms with E-state index in [2.05, 4.69) is 10.5 Å². The van der Waals surface area contributed by atoms with E-state index >= 15 is 0 Å².